The summed E-state index contributed by atoms with van der Waals surface area (Å²) in [6.07, 6.45) is 1.64. The first kappa shape index (κ1) is 20.5. The monoisotopic (exact) mass is 382 g/mol. The molecule has 1 saturated heterocycles. The van der Waals surface area contributed by atoms with Crippen molar-refractivity contribution in [3.8, 4) is 0 Å². The van der Waals surface area contributed by atoms with Crippen LogP contribution in [0.3, 0.4) is 0 Å². The van der Waals surface area contributed by atoms with Gasteiger partial charge in [0.1, 0.15) is 5.82 Å². The van der Waals surface area contributed by atoms with Crippen LogP contribution in [0.4, 0.5) is 4.39 Å². The summed E-state index contributed by atoms with van der Waals surface area (Å²) in [5.41, 5.74) is 5.67. The summed E-state index contributed by atoms with van der Waals surface area (Å²) >= 11 is 0. The van der Waals surface area contributed by atoms with Gasteiger partial charge in [-0.2, -0.15) is 0 Å². The standard InChI is InChI=1S/C24H31FN2O/c1-16-13-18(3)22(14-17(16)2)19(4)26-24(28)20-9-11-27(12-10-20)15-21-7-5-6-8-23(21)25/h5-8,13-14,19-20H,9-12,15H2,1-4H3,(H,26,28). The van der Waals surface area contributed by atoms with Crippen LogP contribution < -0.4 is 5.32 Å². The van der Waals surface area contributed by atoms with Crippen LogP contribution in [-0.2, 0) is 11.3 Å². The van der Waals surface area contributed by atoms with Crippen molar-refractivity contribution in [3.05, 3.63) is 70.0 Å². The second-order valence-electron chi connectivity index (χ2n) is 8.17. The molecule has 2 aromatic carbocycles. The first-order valence-corrected chi connectivity index (χ1v) is 10.2. The molecule has 0 aromatic heterocycles. The number of nitrogens with one attached hydrogen (secondary N) is 1. The molecule has 2 aromatic rings. The van der Waals surface area contributed by atoms with Crippen molar-refractivity contribution in [2.45, 2.75) is 53.1 Å². The molecule has 4 heteroatoms. The number of halogens is 1. The van der Waals surface area contributed by atoms with Gasteiger partial charge in [0.05, 0.1) is 6.04 Å². The van der Waals surface area contributed by atoms with E-state index in [1.165, 1.54) is 28.3 Å². The summed E-state index contributed by atoms with van der Waals surface area (Å²) in [4.78, 5) is 15.0. The largest absolute Gasteiger partial charge is 0.349 e. The molecule has 1 unspecified atom stereocenters. The van der Waals surface area contributed by atoms with Gasteiger partial charge < -0.3 is 5.32 Å². The average molecular weight is 383 g/mol. The Bertz CT molecular complexity index is 840. The summed E-state index contributed by atoms with van der Waals surface area (Å²) in [6, 6.07) is 11.3. The molecule has 28 heavy (non-hydrogen) atoms. The van der Waals surface area contributed by atoms with Gasteiger partial charge >= 0.3 is 0 Å². The second kappa shape index (κ2) is 8.87. The minimum absolute atomic E-state index is 0.00300. The first-order valence-electron chi connectivity index (χ1n) is 10.2. The highest BCUT2D eigenvalue weighted by atomic mass is 19.1. The molecular formula is C24H31FN2O. The van der Waals surface area contributed by atoms with Crippen LogP contribution in [0.5, 0.6) is 0 Å². The smallest absolute Gasteiger partial charge is 0.223 e. The molecule has 1 aliphatic heterocycles. The van der Waals surface area contributed by atoms with Crippen LogP contribution in [0, 0.1) is 32.5 Å². The summed E-state index contributed by atoms with van der Waals surface area (Å²) in [7, 11) is 0. The fraction of sp³-hybridized carbons (Fsp3) is 0.458. The van der Waals surface area contributed by atoms with E-state index in [0.717, 1.165) is 31.5 Å². The Morgan fingerprint density at radius 2 is 1.75 bits per heavy atom. The Labute approximate surface area is 167 Å². The van der Waals surface area contributed by atoms with E-state index < -0.39 is 0 Å². The van der Waals surface area contributed by atoms with Crippen LogP contribution in [-0.4, -0.2) is 23.9 Å². The Kier molecular flexibility index (Phi) is 6.50. The molecule has 1 aliphatic rings. The van der Waals surface area contributed by atoms with Gasteiger partial charge in [0, 0.05) is 18.0 Å². The number of rotatable bonds is 5. The molecule has 1 fully saturated rings. The number of piperidine rings is 1. The number of carbonyl (C=O) groups excluding carboxylic acids is 1. The zero-order valence-electron chi connectivity index (χ0n) is 17.4. The lowest BCUT2D eigenvalue weighted by atomic mass is 9.93. The third-order valence-corrected chi connectivity index (χ3v) is 6.02. The van der Waals surface area contributed by atoms with Crippen LogP contribution in [0.25, 0.3) is 0 Å². The number of nitrogens with zero attached hydrogens (tertiary/aromatic N) is 1. The van der Waals surface area contributed by atoms with E-state index in [9.17, 15) is 9.18 Å². The quantitative estimate of drug-likeness (QED) is 0.802. The van der Waals surface area contributed by atoms with Crippen LogP contribution in [0.15, 0.2) is 36.4 Å². The summed E-state index contributed by atoms with van der Waals surface area (Å²) < 4.78 is 13.8. The number of carbonyl (C=O) groups is 1. The van der Waals surface area contributed by atoms with Crippen molar-refractivity contribution in [2.75, 3.05) is 13.1 Å². The van der Waals surface area contributed by atoms with Crippen molar-refractivity contribution in [3.63, 3.8) is 0 Å². The van der Waals surface area contributed by atoms with Crippen molar-refractivity contribution in [1.29, 1.82) is 0 Å². The van der Waals surface area contributed by atoms with Gasteiger partial charge in [-0.3, -0.25) is 9.69 Å². The normalized spacial score (nSPS) is 16.8. The van der Waals surface area contributed by atoms with Crippen molar-refractivity contribution in [2.24, 2.45) is 5.92 Å². The number of benzene rings is 2. The van der Waals surface area contributed by atoms with Crippen molar-refractivity contribution < 1.29 is 9.18 Å². The molecule has 1 heterocycles. The summed E-state index contributed by atoms with van der Waals surface area (Å²) in [5, 5.41) is 3.21. The highest BCUT2D eigenvalue weighted by Crippen LogP contribution is 2.24. The molecule has 0 radical (unpaired) electrons. The molecule has 0 saturated carbocycles. The van der Waals surface area contributed by atoms with E-state index in [-0.39, 0.29) is 23.7 Å². The lowest BCUT2D eigenvalue weighted by molar-refractivity contribution is -0.127. The predicted molar refractivity (Wildman–Crippen MR) is 112 cm³/mol. The maximum absolute atomic E-state index is 13.8. The second-order valence-corrected chi connectivity index (χ2v) is 8.17. The number of likely N-dealkylation sites (tertiary alicyclic amines) is 1. The van der Waals surface area contributed by atoms with Gasteiger partial charge in [0.2, 0.25) is 5.91 Å². The highest BCUT2D eigenvalue weighted by molar-refractivity contribution is 5.79. The van der Waals surface area contributed by atoms with Crippen LogP contribution in [0.2, 0.25) is 0 Å². The number of hydrogen-bond acceptors (Lipinski definition) is 2. The van der Waals surface area contributed by atoms with Gasteiger partial charge in [0.15, 0.2) is 0 Å². The van der Waals surface area contributed by atoms with E-state index in [0.29, 0.717) is 6.54 Å². The number of aryl methyl sites for hydroxylation is 3. The minimum Gasteiger partial charge on any atom is -0.349 e. The first-order chi connectivity index (χ1) is 13.3. The topological polar surface area (TPSA) is 32.3 Å². The van der Waals surface area contributed by atoms with Gasteiger partial charge in [-0.25, -0.2) is 4.39 Å². The SMILES string of the molecule is Cc1cc(C)c(C(C)NC(=O)C2CCN(Cc3ccccc3F)CC2)cc1C. The van der Waals surface area contributed by atoms with Gasteiger partial charge in [-0.05, 0) is 81.9 Å². The molecule has 1 atom stereocenters. The Balaban J connectivity index is 1.54. The highest BCUT2D eigenvalue weighted by Gasteiger charge is 2.26. The number of hydrogen-bond donors (Lipinski definition) is 1. The zero-order chi connectivity index (χ0) is 20.3. The molecule has 0 bridgehead atoms. The average Bonchev–Trinajstić information content (AvgIpc) is 2.67. The van der Waals surface area contributed by atoms with E-state index in [1.54, 1.807) is 6.07 Å². The molecular weight excluding hydrogens is 351 g/mol. The van der Waals surface area contributed by atoms with Crippen molar-refractivity contribution in [1.82, 2.24) is 10.2 Å². The molecule has 3 nitrogen and oxygen atoms in total. The van der Waals surface area contributed by atoms with E-state index in [2.05, 4.69) is 50.0 Å². The Hall–Kier alpha value is -2.20. The summed E-state index contributed by atoms with van der Waals surface area (Å²) in [5.74, 6) is 0.0155. The fourth-order valence-electron chi connectivity index (χ4n) is 4.08. The molecule has 3 rings (SSSR count). The lowest BCUT2D eigenvalue weighted by Crippen LogP contribution is -2.41. The predicted octanol–water partition coefficient (Wildman–Crippen LogP) is 4.84. The Morgan fingerprint density at radius 3 is 2.43 bits per heavy atom. The molecule has 0 spiro atoms. The lowest BCUT2D eigenvalue weighted by Gasteiger charge is -2.32. The minimum atomic E-state index is -0.153. The number of amides is 1. The van der Waals surface area contributed by atoms with Crippen LogP contribution >= 0.6 is 0 Å². The van der Waals surface area contributed by atoms with E-state index in [4.69, 9.17) is 0 Å². The molecule has 1 amide bonds. The fourth-order valence-corrected chi connectivity index (χ4v) is 4.08. The Morgan fingerprint density at radius 1 is 1.11 bits per heavy atom. The zero-order valence-corrected chi connectivity index (χ0v) is 17.4. The van der Waals surface area contributed by atoms with E-state index in [1.807, 2.05) is 12.1 Å². The third kappa shape index (κ3) is 4.79. The summed E-state index contributed by atoms with van der Waals surface area (Å²) in [6.45, 7) is 10.6. The van der Waals surface area contributed by atoms with Crippen LogP contribution in [0.1, 0.15) is 53.6 Å². The maximum atomic E-state index is 13.8. The third-order valence-electron chi connectivity index (χ3n) is 6.02. The maximum Gasteiger partial charge on any atom is 0.223 e. The van der Waals surface area contributed by atoms with Gasteiger partial charge in [-0.1, -0.05) is 30.3 Å². The molecule has 1 N–H and O–H groups in total. The van der Waals surface area contributed by atoms with Gasteiger partial charge in [0.25, 0.3) is 0 Å². The van der Waals surface area contributed by atoms with Crippen molar-refractivity contribution >= 4 is 5.91 Å². The van der Waals surface area contributed by atoms with Gasteiger partial charge in [-0.15, -0.1) is 0 Å². The van der Waals surface area contributed by atoms with E-state index >= 15 is 0 Å². The molecule has 0 aliphatic carbocycles. The molecule has 150 valence electrons.